The Kier molecular flexibility index (Phi) is 13.9. The minimum absolute atomic E-state index is 0.0544. The Bertz CT molecular complexity index is 1860. The molecule has 1 aliphatic heterocycles. The smallest absolute Gasteiger partial charge is 0.389 e. The van der Waals surface area contributed by atoms with Crippen LogP contribution in [0, 0.1) is 5.41 Å². The molecule has 0 aliphatic carbocycles. The number of alkyl halides is 6. The van der Waals surface area contributed by atoms with Crippen LogP contribution < -0.4 is 20.3 Å². The lowest BCUT2D eigenvalue weighted by molar-refractivity contribution is -0.139. The zero-order valence-corrected chi connectivity index (χ0v) is 30.6. The molecule has 0 saturated heterocycles. The summed E-state index contributed by atoms with van der Waals surface area (Å²) >= 11 is 1.13. The molecule has 0 unspecified atom stereocenters. The van der Waals surface area contributed by atoms with Crippen LogP contribution in [0.2, 0.25) is 0 Å². The highest BCUT2D eigenvalue weighted by molar-refractivity contribution is 7.98. The van der Waals surface area contributed by atoms with Gasteiger partial charge >= 0.3 is 18.3 Å². The van der Waals surface area contributed by atoms with Crippen LogP contribution in [0.5, 0.6) is 5.75 Å². The standard InChI is InChI=1S/C36H39F6N3O7S2/c1-53-28-18-26-29(19-27(28)52-21-30(46)44-32(24-10-4-2-5-11-24)33(49)43-20-31(47)48)54(50,51)23-34(14-8-16-35(37,38)39,15-9-17-36(40,41)42)22-45(26)25-12-6-3-7-13-25/h2-7,10-13,18-19,32H,8-9,14-17,20-23H2,1H3,(H,43,49)(H,44,46)(H,47,48)/t32-/m1/s1. The normalized spacial score (nSPS) is 15.7. The summed E-state index contributed by atoms with van der Waals surface area (Å²) in [5.41, 5.74) is -0.585. The average molecular weight is 804 g/mol. The number of thioether (sulfide) groups is 1. The number of nitrogens with one attached hydrogen (secondary N) is 2. The topological polar surface area (TPSA) is 142 Å². The first-order valence-corrected chi connectivity index (χ1v) is 19.6. The SMILES string of the molecule is CSc1cc2c(cc1OCC(=O)N[C@@H](C(=O)NCC(=O)O)c1ccccc1)S(=O)(=O)CC(CCCC(F)(F)F)(CCCC(F)(F)F)CN2c1ccccc1. The molecule has 0 saturated carbocycles. The van der Waals surface area contributed by atoms with Gasteiger partial charge in [-0.15, -0.1) is 11.8 Å². The number of halogens is 6. The number of nitrogens with zero attached hydrogens (tertiary/aromatic N) is 1. The molecule has 18 heteroatoms. The number of hydrogen-bond donors (Lipinski definition) is 3. The van der Waals surface area contributed by atoms with Gasteiger partial charge in [0.1, 0.15) is 18.3 Å². The molecule has 0 fully saturated rings. The summed E-state index contributed by atoms with van der Waals surface area (Å²) in [7, 11) is -4.42. The third kappa shape index (κ3) is 12.0. The fraction of sp³-hybridized carbons (Fsp3) is 0.417. The molecule has 0 aromatic heterocycles. The van der Waals surface area contributed by atoms with Crippen molar-refractivity contribution < 1.29 is 59.0 Å². The van der Waals surface area contributed by atoms with E-state index in [1.165, 1.54) is 12.1 Å². The lowest BCUT2D eigenvalue weighted by atomic mass is 9.79. The lowest BCUT2D eigenvalue weighted by Gasteiger charge is -2.37. The summed E-state index contributed by atoms with van der Waals surface area (Å²) in [4.78, 5) is 38.7. The van der Waals surface area contributed by atoms with Crippen molar-refractivity contribution in [3.8, 4) is 5.75 Å². The third-order valence-corrected chi connectivity index (χ3v) is 11.5. The summed E-state index contributed by atoms with van der Waals surface area (Å²) in [6.07, 6.45) is -11.6. The molecule has 294 valence electrons. The predicted octanol–water partition coefficient (Wildman–Crippen LogP) is 7.22. The lowest BCUT2D eigenvalue weighted by Crippen LogP contribution is -2.43. The maximum Gasteiger partial charge on any atom is 0.389 e. The number of rotatable bonds is 16. The number of benzene rings is 3. The summed E-state index contributed by atoms with van der Waals surface area (Å²) in [5, 5.41) is 13.7. The fourth-order valence-electron chi connectivity index (χ4n) is 6.36. The van der Waals surface area contributed by atoms with Gasteiger partial charge in [-0.25, -0.2) is 8.42 Å². The molecule has 10 nitrogen and oxygen atoms in total. The van der Waals surface area contributed by atoms with Crippen molar-refractivity contribution in [3.05, 3.63) is 78.4 Å². The maximum atomic E-state index is 14.3. The van der Waals surface area contributed by atoms with E-state index in [1.54, 1.807) is 71.8 Å². The molecule has 3 N–H and O–H groups in total. The van der Waals surface area contributed by atoms with Gasteiger partial charge in [-0.2, -0.15) is 26.3 Å². The molecule has 54 heavy (non-hydrogen) atoms. The van der Waals surface area contributed by atoms with E-state index < -0.39 is 96.0 Å². The number of carbonyl (C=O) groups excluding carboxylic acids is 2. The first kappa shape index (κ1) is 42.3. The predicted molar refractivity (Wildman–Crippen MR) is 189 cm³/mol. The number of hydrogen-bond acceptors (Lipinski definition) is 8. The Morgan fingerprint density at radius 3 is 2.04 bits per heavy atom. The van der Waals surface area contributed by atoms with Crippen LogP contribution in [0.15, 0.2) is 82.6 Å². The van der Waals surface area contributed by atoms with Crippen molar-refractivity contribution in [2.24, 2.45) is 5.41 Å². The quantitative estimate of drug-likeness (QED) is 0.101. The van der Waals surface area contributed by atoms with Gasteiger partial charge in [0.2, 0.25) is 5.91 Å². The number of anilines is 2. The number of sulfone groups is 1. The average Bonchev–Trinajstić information content (AvgIpc) is 3.19. The van der Waals surface area contributed by atoms with Crippen LogP contribution in [0.4, 0.5) is 37.7 Å². The van der Waals surface area contributed by atoms with Gasteiger partial charge in [-0.1, -0.05) is 48.5 Å². The summed E-state index contributed by atoms with van der Waals surface area (Å²) in [6, 6.07) is 17.7. The van der Waals surface area contributed by atoms with Crippen molar-refractivity contribution in [1.29, 1.82) is 0 Å². The molecular weight excluding hydrogens is 765 g/mol. The second-order valence-corrected chi connectivity index (χ2v) is 15.7. The van der Waals surface area contributed by atoms with Crippen LogP contribution in [0.25, 0.3) is 0 Å². The minimum atomic E-state index is -4.56. The maximum absolute atomic E-state index is 14.3. The van der Waals surface area contributed by atoms with E-state index in [0.29, 0.717) is 16.1 Å². The Morgan fingerprint density at radius 2 is 1.50 bits per heavy atom. The number of amides is 2. The van der Waals surface area contributed by atoms with Crippen LogP contribution in [-0.2, 0) is 24.2 Å². The van der Waals surface area contributed by atoms with Gasteiger partial charge in [0.25, 0.3) is 5.91 Å². The Labute approximate surface area is 312 Å². The largest absolute Gasteiger partial charge is 0.483 e. The third-order valence-electron chi connectivity index (χ3n) is 8.74. The molecule has 1 atom stereocenters. The van der Waals surface area contributed by atoms with Crippen molar-refractivity contribution in [3.63, 3.8) is 0 Å². The van der Waals surface area contributed by atoms with E-state index in [0.717, 1.165) is 11.8 Å². The summed E-state index contributed by atoms with van der Waals surface area (Å²) in [6.45, 7) is -1.62. The minimum Gasteiger partial charge on any atom is -0.483 e. The molecule has 0 spiro atoms. The fourth-order valence-corrected chi connectivity index (χ4v) is 9.02. The number of fused-ring (bicyclic) bond motifs is 1. The first-order chi connectivity index (χ1) is 25.3. The van der Waals surface area contributed by atoms with Crippen LogP contribution in [0.3, 0.4) is 0 Å². The molecule has 1 aliphatic rings. The van der Waals surface area contributed by atoms with Crippen molar-refractivity contribution >= 4 is 50.8 Å². The van der Waals surface area contributed by atoms with E-state index >= 15 is 0 Å². The number of ether oxygens (including phenoxy) is 1. The van der Waals surface area contributed by atoms with Crippen molar-refractivity contribution in [1.82, 2.24) is 10.6 Å². The van der Waals surface area contributed by atoms with Crippen LogP contribution in [0.1, 0.15) is 50.1 Å². The van der Waals surface area contributed by atoms with Gasteiger partial charge in [-0.3, -0.25) is 14.4 Å². The van der Waals surface area contributed by atoms with Gasteiger partial charge in [0.05, 0.1) is 21.2 Å². The Hall–Kier alpha value is -4.45. The molecular formula is C36H39F6N3O7S2. The zero-order chi connectivity index (χ0) is 39.7. The number of carboxylic acid groups (broad SMARTS) is 1. The zero-order valence-electron chi connectivity index (χ0n) is 29.0. The number of para-hydroxylation sites is 1. The first-order valence-electron chi connectivity index (χ1n) is 16.7. The molecule has 0 bridgehead atoms. The van der Waals surface area contributed by atoms with Crippen LogP contribution >= 0.6 is 11.8 Å². The van der Waals surface area contributed by atoms with Gasteiger partial charge in [-0.05, 0) is 55.7 Å². The Balaban J connectivity index is 1.71. The molecule has 0 radical (unpaired) electrons. The van der Waals surface area contributed by atoms with Gasteiger partial charge in [0, 0.05) is 36.6 Å². The van der Waals surface area contributed by atoms with Gasteiger partial charge in [0.15, 0.2) is 16.4 Å². The molecule has 1 heterocycles. The summed E-state index contributed by atoms with van der Waals surface area (Å²) < 4.78 is 114. The second-order valence-electron chi connectivity index (χ2n) is 12.9. The van der Waals surface area contributed by atoms with E-state index in [2.05, 4.69) is 10.6 Å². The van der Waals surface area contributed by atoms with Crippen LogP contribution in [-0.4, -0.2) is 75.4 Å². The monoisotopic (exact) mass is 803 g/mol. The highest BCUT2D eigenvalue weighted by Crippen LogP contribution is 2.48. The number of carbonyl (C=O) groups is 3. The number of aliphatic carboxylic acids is 1. The summed E-state index contributed by atoms with van der Waals surface area (Å²) in [5.74, 6) is -3.74. The van der Waals surface area contributed by atoms with E-state index in [4.69, 9.17) is 9.84 Å². The molecule has 2 amide bonds. The highest BCUT2D eigenvalue weighted by atomic mass is 32.2. The second kappa shape index (κ2) is 17.8. The van der Waals surface area contributed by atoms with E-state index in [1.807, 2.05) is 0 Å². The molecule has 3 aromatic rings. The Morgan fingerprint density at radius 1 is 0.926 bits per heavy atom. The molecule has 3 aromatic carbocycles. The molecule has 4 rings (SSSR count). The van der Waals surface area contributed by atoms with Crippen molar-refractivity contribution in [2.45, 2.75) is 66.7 Å². The van der Waals surface area contributed by atoms with E-state index in [9.17, 15) is 49.1 Å². The number of carboxylic acids is 1. The highest BCUT2D eigenvalue weighted by Gasteiger charge is 2.44. The van der Waals surface area contributed by atoms with Crippen molar-refractivity contribution in [2.75, 3.05) is 36.6 Å². The van der Waals surface area contributed by atoms with Gasteiger partial charge < -0.3 is 25.4 Å². The van der Waals surface area contributed by atoms with E-state index in [-0.39, 0.29) is 35.7 Å².